The third-order valence-corrected chi connectivity index (χ3v) is 5.50. The van der Waals surface area contributed by atoms with Gasteiger partial charge in [-0.2, -0.15) is 0 Å². The molecular formula is C26H24N2O3. The molecule has 1 saturated heterocycles. The van der Waals surface area contributed by atoms with Crippen molar-refractivity contribution in [1.82, 2.24) is 0 Å². The number of aliphatic hydroxyl groups excluding tert-OH is 1. The zero-order chi connectivity index (χ0) is 22.1. The number of hydrogen-bond acceptors (Lipinski definition) is 4. The second-order valence-corrected chi connectivity index (χ2v) is 7.86. The number of aliphatic hydroxyl groups is 1. The van der Waals surface area contributed by atoms with E-state index in [9.17, 15) is 14.7 Å². The first-order valence-corrected chi connectivity index (χ1v) is 10.1. The van der Waals surface area contributed by atoms with Gasteiger partial charge in [-0.15, -0.1) is 0 Å². The predicted molar refractivity (Wildman–Crippen MR) is 123 cm³/mol. The van der Waals surface area contributed by atoms with Gasteiger partial charge in [-0.05, 0) is 42.3 Å². The Morgan fingerprint density at radius 2 is 1.58 bits per heavy atom. The van der Waals surface area contributed by atoms with E-state index < -0.39 is 17.7 Å². The minimum atomic E-state index is -0.724. The minimum Gasteiger partial charge on any atom is -0.507 e. The van der Waals surface area contributed by atoms with Gasteiger partial charge in [-0.1, -0.05) is 54.6 Å². The number of carbonyl (C=O) groups excluding carboxylic acids is 2. The molecule has 0 bridgehead atoms. The van der Waals surface area contributed by atoms with E-state index in [2.05, 4.69) is 0 Å². The lowest BCUT2D eigenvalue weighted by atomic mass is 9.95. The molecule has 0 aromatic heterocycles. The topological polar surface area (TPSA) is 60.9 Å². The monoisotopic (exact) mass is 412 g/mol. The number of hydrogen-bond donors (Lipinski definition) is 1. The van der Waals surface area contributed by atoms with Crippen molar-refractivity contribution in [3.8, 4) is 0 Å². The highest BCUT2D eigenvalue weighted by Crippen LogP contribution is 2.42. The summed E-state index contributed by atoms with van der Waals surface area (Å²) in [5.41, 5.74) is 3.94. The van der Waals surface area contributed by atoms with Crippen molar-refractivity contribution in [2.75, 3.05) is 23.9 Å². The number of ketones is 1. The molecule has 1 aliphatic rings. The summed E-state index contributed by atoms with van der Waals surface area (Å²) in [4.78, 5) is 29.7. The molecule has 0 saturated carbocycles. The predicted octanol–water partition coefficient (Wildman–Crippen LogP) is 4.69. The van der Waals surface area contributed by atoms with Crippen LogP contribution < -0.4 is 9.80 Å². The van der Waals surface area contributed by atoms with Crippen LogP contribution in [-0.2, 0) is 9.59 Å². The van der Waals surface area contributed by atoms with E-state index in [4.69, 9.17) is 0 Å². The lowest BCUT2D eigenvalue weighted by Gasteiger charge is -2.26. The van der Waals surface area contributed by atoms with Gasteiger partial charge >= 0.3 is 0 Å². The van der Waals surface area contributed by atoms with Crippen LogP contribution in [0.25, 0.3) is 5.76 Å². The van der Waals surface area contributed by atoms with Gasteiger partial charge in [0.25, 0.3) is 11.7 Å². The molecule has 156 valence electrons. The Morgan fingerprint density at radius 3 is 2.19 bits per heavy atom. The largest absolute Gasteiger partial charge is 0.507 e. The number of nitrogens with zero attached hydrogens (tertiary/aromatic N) is 2. The van der Waals surface area contributed by atoms with Gasteiger partial charge in [-0.25, -0.2) is 0 Å². The van der Waals surface area contributed by atoms with E-state index in [1.807, 2.05) is 80.5 Å². The molecule has 3 aromatic rings. The van der Waals surface area contributed by atoms with E-state index in [0.29, 0.717) is 11.3 Å². The fourth-order valence-corrected chi connectivity index (χ4v) is 3.90. The SMILES string of the molecule is Cc1cccc(N2C(=O)C(=O)/C(=C(/O)c3ccccc3)C2c2ccc(N(C)C)cc2)c1. The highest BCUT2D eigenvalue weighted by atomic mass is 16.3. The zero-order valence-electron chi connectivity index (χ0n) is 17.7. The van der Waals surface area contributed by atoms with Gasteiger partial charge in [0.05, 0.1) is 11.6 Å². The summed E-state index contributed by atoms with van der Waals surface area (Å²) in [5, 5.41) is 11.1. The molecule has 3 aromatic carbocycles. The molecule has 5 heteroatoms. The van der Waals surface area contributed by atoms with Gasteiger partial charge in [0.15, 0.2) is 0 Å². The van der Waals surface area contributed by atoms with Gasteiger partial charge in [0.2, 0.25) is 0 Å². The summed E-state index contributed by atoms with van der Waals surface area (Å²) >= 11 is 0. The molecule has 1 unspecified atom stereocenters. The molecule has 1 amide bonds. The summed E-state index contributed by atoms with van der Waals surface area (Å²) in [5.74, 6) is -1.51. The highest BCUT2D eigenvalue weighted by Gasteiger charge is 2.46. The molecule has 1 fully saturated rings. The molecule has 1 atom stereocenters. The van der Waals surface area contributed by atoms with Crippen LogP contribution in [0.1, 0.15) is 22.7 Å². The van der Waals surface area contributed by atoms with Crippen molar-refractivity contribution >= 4 is 28.8 Å². The maximum Gasteiger partial charge on any atom is 0.300 e. The number of anilines is 2. The van der Waals surface area contributed by atoms with Crippen molar-refractivity contribution in [2.24, 2.45) is 0 Å². The first-order chi connectivity index (χ1) is 14.9. The van der Waals surface area contributed by atoms with Crippen LogP contribution in [0.15, 0.2) is 84.4 Å². The maximum atomic E-state index is 13.1. The first-order valence-electron chi connectivity index (χ1n) is 10.1. The number of aryl methyl sites for hydroxylation is 1. The van der Waals surface area contributed by atoms with Crippen LogP contribution in [0.2, 0.25) is 0 Å². The summed E-state index contributed by atoms with van der Waals surface area (Å²) in [6.07, 6.45) is 0. The third-order valence-electron chi connectivity index (χ3n) is 5.50. The van der Waals surface area contributed by atoms with Crippen molar-refractivity contribution in [3.05, 3.63) is 101 Å². The zero-order valence-corrected chi connectivity index (χ0v) is 17.7. The molecule has 4 rings (SSSR count). The van der Waals surface area contributed by atoms with E-state index in [1.54, 1.807) is 24.3 Å². The molecule has 1 N–H and O–H groups in total. The van der Waals surface area contributed by atoms with Crippen molar-refractivity contribution in [3.63, 3.8) is 0 Å². The first kappa shape index (κ1) is 20.4. The average Bonchev–Trinajstić information content (AvgIpc) is 3.04. The summed E-state index contributed by atoms with van der Waals surface area (Å²) in [7, 11) is 3.90. The number of benzene rings is 3. The Balaban J connectivity index is 1.93. The molecular weight excluding hydrogens is 388 g/mol. The lowest BCUT2D eigenvalue weighted by molar-refractivity contribution is -0.132. The van der Waals surface area contributed by atoms with E-state index in [0.717, 1.165) is 16.8 Å². The Labute approximate surface area is 181 Å². The van der Waals surface area contributed by atoms with Crippen LogP contribution >= 0.6 is 0 Å². The van der Waals surface area contributed by atoms with E-state index >= 15 is 0 Å². The average molecular weight is 412 g/mol. The van der Waals surface area contributed by atoms with Crippen LogP contribution in [0.3, 0.4) is 0 Å². The fourth-order valence-electron chi connectivity index (χ4n) is 3.90. The second-order valence-electron chi connectivity index (χ2n) is 7.86. The van der Waals surface area contributed by atoms with Crippen LogP contribution in [0.5, 0.6) is 0 Å². The van der Waals surface area contributed by atoms with Crippen LogP contribution in [0.4, 0.5) is 11.4 Å². The standard InChI is InChI=1S/C26H24N2O3/c1-17-8-7-11-21(16-17)28-23(18-12-14-20(15-13-18)27(2)3)22(25(30)26(28)31)24(29)19-9-5-4-6-10-19/h4-16,23,29H,1-3H3/b24-22+. The number of amides is 1. The fraction of sp³-hybridized carbons (Fsp3) is 0.154. The molecule has 0 spiro atoms. The molecule has 0 aliphatic carbocycles. The van der Waals surface area contributed by atoms with Crippen molar-refractivity contribution in [2.45, 2.75) is 13.0 Å². The van der Waals surface area contributed by atoms with Crippen molar-refractivity contribution < 1.29 is 14.7 Å². The van der Waals surface area contributed by atoms with Gasteiger partial charge in [0, 0.05) is 31.0 Å². The van der Waals surface area contributed by atoms with Crippen molar-refractivity contribution in [1.29, 1.82) is 0 Å². The Hall–Kier alpha value is -3.86. The Bertz CT molecular complexity index is 1160. The quantitative estimate of drug-likeness (QED) is 0.384. The highest BCUT2D eigenvalue weighted by molar-refractivity contribution is 6.51. The summed E-state index contributed by atoms with van der Waals surface area (Å²) in [6.45, 7) is 1.94. The molecule has 31 heavy (non-hydrogen) atoms. The summed E-state index contributed by atoms with van der Waals surface area (Å²) < 4.78 is 0. The second kappa shape index (κ2) is 8.11. The maximum absolute atomic E-state index is 13.1. The number of rotatable bonds is 4. The van der Waals surface area contributed by atoms with Gasteiger partial charge < -0.3 is 10.0 Å². The molecule has 1 heterocycles. The smallest absolute Gasteiger partial charge is 0.300 e. The third kappa shape index (κ3) is 3.70. The number of carbonyl (C=O) groups is 2. The minimum absolute atomic E-state index is 0.0929. The van der Waals surface area contributed by atoms with E-state index in [1.165, 1.54) is 4.90 Å². The van der Waals surface area contributed by atoms with Gasteiger partial charge in [0.1, 0.15) is 5.76 Å². The van der Waals surface area contributed by atoms with Crippen LogP contribution in [0, 0.1) is 6.92 Å². The molecule has 5 nitrogen and oxygen atoms in total. The Kier molecular flexibility index (Phi) is 5.34. The Morgan fingerprint density at radius 1 is 0.903 bits per heavy atom. The number of Topliss-reactive ketones (excluding diaryl/α,β-unsaturated/α-hetero) is 1. The van der Waals surface area contributed by atoms with Gasteiger partial charge in [-0.3, -0.25) is 14.5 Å². The lowest BCUT2D eigenvalue weighted by Crippen LogP contribution is -2.29. The van der Waals surface area contributed by atoms with E-state index in [-0.39, 0.29) is 11.3 Å². The normalized spacial score (nSPS) is 17.8. The summed E-state index contributed by atoms with van der Waals surface area (Å²) in [6, 6.07) is 23.3. The molecule has 0 radical (unpaired) electrons. The molecule has 1 aliphatic heterocycles. The van der Waals surface area contributed by atoms with Crippen LogP contribution in [-0.4, -0.2) is 30.9 Å².